The number of hydrogen-bond acceptors (Lipinski definition) is 4. The first-order chi connectivity index (χ1) is 8.13. The predicted molar refractivity (Wildman–Crippen MR) is 76.9 cm³/mol. The molecule has 0 aliphatic carbocycles. The number of hydrogen-bond donors (Lipinski definition) is 1. The average Bonchev–Trinajstić information content (AvgIpc) is 2.75. The van der Waals surface area contributed by atoms with Crippen LogP contribution in [-0.2, 0) is 6.54 Å². The predicted octanol–water partition coefficient (Wildman–Crippen LogP) is 3.27. The molecule has 1 heterocycles. The van der Waals surface area contributed by atoms with Crippen LogP contribution in [0.3, 0.4) is 0 Å². The summed E-state index contributed by atoms with van der Waals surface area (Å²) in [6, 6.07) is 0.516. The lowest BCUT2D eigenvalue weighted by Crippen LogP contribution is -2.22. The second-order valence-corrected chi connectivity index (χ2v) is 5.62. The van der Waals surface area contributed by atoms with E-state index >= 15 is 0 Å². The Balaban J connectivity index is 2.38. The van der Waals surface area contributed by atoms with Crippen molar-refractivity contribution >= 4 is 16.5 Å². The van der Waals surface area contributed by atoms with Gasteiger partial charge in [0, 0.05) is 31.6 Å². The number of nitrogens with one attached hydrogen (secondary N) is 1. The van der Waals surface area contributed by atoms with Gasteiger partial charge in [0.1, 0.15) is 0 Å². The lowest BCUT2D eigenvalue weighted by molar-refractivity contribution is 0.582. The first-order valence-electron chi connectivity index (χ1n) is 6.52. The molecule has 3 nitrogen and oxygen atoms in total. The highest BCUT2D eigenvalue weighted by Crippen LogP contribution is 2.19. The van der Waals surface area contributed by atoms with Crippen molar-refractivity contribution in [2.75, 3.05) is 18.5 Å². The largest absolute Gasteiger partial charge is 0.351 e. The summed E-state index contributed by atoms with van der Waals surface area (Å²) in [5, 5.41) is 6.69. The fraction of sp³-hybridized carbons (Fsp3) is 0.769. The topological polar surface area (TPSA) is 28.2 Å². The summed E-state index contributed by atoms with van der Waals surface area (Å²) in [6.07, 6.45) is 3.83. The van der Waals surface area contributed by atoms with Crippen molar-refractivity contribution in [1.29, 1.82) is 0 Å². The average molecular weight is 255 g/mol. The second-order valence-electron chi connectivity index (χ2n) is 4.79. The number of aromatic nitrogens is 1. The highest BCUT2D eigenvalue weighted by Gasteiger charge is 2.06. The van der Waals surface area contributed by atoms with Crippen LogP contribution < -0.4 is 10.2 Å². The lowest BCUT2D eigenvalue weighted by atomic mass is 10.2. The lowest BCUT2D eigenvalue weighted by Gasteiger charge is -2.15. The molecule has 0 aliphatic rings. The molecule has 0 aromatic carbocycles. The molecular weight excluding hydrogens is 230 g/mol. The Hall–Kier alpha value is -0.610. The van der Waals surface area contributed by atoms with E-state index in [1.165, 1.54) is 19.3 Å². The van der Waals surface area contributed by atoms with E-state index in [0.29, 0.717) is 6.04 Å². The Kier molecular flexibility index (Phi) is 6.52. The molecule has 0 saturated heterocycles. The number of thiazole rings is 1. The van der Waals surface area contributed by atoms with Crippen molar-refractivity contribution in [2.24, 2.45) is 0 Å². The van der Waals surface area contributed by atoms with E-state index in [-0.39, 0.29) is 0 Å². The van der Waals surface area contributed by atoms with Gasteiger partial charge in [-0.1, -0.05) is 33.6 Å². The van der Waals surface area contributed by atoms with Crippen molar-refractivity contribution < 1.29 is 0 Å². The Morgan fingerprint density at radius 1 is 1.41 bits per heavy atom. The SMILES string of the molecule is CCCCCN(C)c1nc(CNC(C)C)cs1. The highest BCUT2D eigenvalue weighted by atomic mass is 32.1. The smallest absolute Gasteiger partial charge is 0.185 e. The third kappa shape index (κ3) is 5.50. The zero-order valence-corrected chi connectivity index (χ0v) is 12.3. The summed E-state index contributed by atoms with van der Waals surface area (Å²) in [7, 11) is 2.13. The Morgan fingerprint density at radius 3 is 2.82 bits per heavy atom. The molecule has 1 N–H and O–H groups in total. The summed E-state index contributed by atoms with van der Waals surface area (Å²) in [5.74, 6) is 0. The van der Waals surface area contributed by atoms with Gasteiger partial charge in [-0.3, -0.25) is 0 Å². The van der Waals surface area contributed by atoms with Crippen LogP contribution >= 0.6 is 11.3 Å². The van der Waals surface area contributed by atoms with Gasteiger partial charge in [0.25, 0.3) is 0 Å². The fourth-order valence-electron chi connectivity index (χ4n) is 1.56. The van der Waals surface area contributed by atoms with E-state index in [1.807, 2.05) is 0 Å². The summed E-state index contributed by atoms with van der Waals surface area (Å²) in [4.78, 5) is 6.91. The molecule has 0 aliphatic heterocycles. The molecular formula is C13H25N3S. The molecule has 0 bridgehead atoms. The molecule has 0 atom stereocenters. The van der Waals surface area contributed by atoms with E-state index in [2.05, 4.69) is 48.4 Å². The van der Waals surface area contributed by atoms with Crippen LogP contribution in [0.2, 0.25) is 0 Å². The molecule has 0 amide bonds. The van der Waals surface area contributed by atoms with Gasteiger partial charge in [-0.15, -0.1) is 11.3 Å². The van der Waals surface area contributed by atoms with Gasteiger partial charge < -0.3 is 10.2 Å². The number of unbranched alkanes of at least 4 members (excludes halogenated alkanes) is 2. The van der Waals surface area contributed by atoms with Crippen LogP contribution in [0.1, 0.15) is 45.7 Å². The van der Waals surface area contributed by atoms with Crippen molar-refractivity contribution in [3.05, 3.63) is 11.1 Å². The Labute approximate surface area is 109 Å². The van der Waals surface area contributed by atoms with Crippen LogP contribution in [0, 0.1) is 0 Å². The van der Waals surface area contributed by atoms with Gasteiger partial charge in [-0.2, -0.15) is 0 Å². The van der Waals surface area contributed by atoms with Crippen LogP contribution in [-0.4, -0.2) is 24.6 Å². The molecule has 1 rings (SSSR count). The Morgan fingerprint density at radius 2 is 2.18 bits per heavy atom. The summed E-state index contributed by atoms with van der Waals surface area (Å²) >= 11 is 1.74. The first-order valence-corrected chi connectivity index (χ1v) is 7.40. The monoisotopic (exact) mass is 255 g/mol. The third-order valence-corrected chi connectivity index (χ3v) is 3.66. The standard InChI is InChI=1S/C13H25N3S/c1-5-6-7-8-16(4)13-15-12(10-17-13)9-14-11(2)3/h10-11,14H,5-9H2,1-4H3. The van der Waals surface area contributed by atoms with Gasteiger partial charge in [-0.25, -0.2) is 4.98 Å². The zero-order valence-electron chi connectivity index (χ0n) is 11.5. The summed E-state index contributed by atoms with van der Waals surface area (Å²) in [5.41, 5.74) is 1.15. The normalized spacial score (nSPS) is 11.1. The van der Waals surface area contributed by atoms with E-state index in [0.717, 1.165) is 23.9 Å². The van der Waals surface area contributed by atoms with E-state index < -0.39 is 0 Å². The molecule has 0 unspecified atom stereocenters. The van der Waals surface area contributed by atoms with Gasteiger partial charge in [-0.05, 0) is 6.42 Å². The van der Waals surface area contributed by atoms with Gasteiger partial charge >= 0.3 is 0 Å². The number of nitrogens with zero attached hydrogens (tertiary/aromatic N) is 2. The quantitative estimate of drug-likeness (QED) is 0.723. The van der Waals surface area contributed by atoms with Crippen molar-refractivity contribution in [3.63, 3.8) is 0 Å². The maximum Gasteiger partial charge on any atom is 0.185 e. The first kappa shape index (κ1) is 14.5. The Bertz CT molecular complexity index is 309. The second kappa shape index (κ2) is 7.67. The molecule has 0 fully saturated rings. The third-order valence-electron chi connectivity index (χ3n) is 2.65. The van der Waals surface area contributed by atoms with Gasteiger partial charge in [0.2, 0.25) is 0 Å². The van der Waals surface area contributed by atoms with Crippen molar-refractivity contribution in [2.45, 2.75) is 52.6 Å². The van der Waals surface area contributed by atoms with E-state index in [9.17, 15) is 0 Å². The number of anilines is 1. The zero-order chi connectivity index (χ0) is 12.7. The summed E-state index contributed by atoms with van der Waals surface area (Å²) < 4.78 is 0. The minimum atomic E-state index is 0.516. The van der Waals surface area contributed by atoms with E-state index in [4.69, 9.17) is 0 Å². The van der Waals surface area contributed by atoms with Crippen LogP contribution in [0.5, 0.6) is 0 Å². The van der Waals surface area contributed by atoms with Crippen molar-refractivity contribution in [1.82, 2.24) is 10.3 Å². The maximum atomic E-state index is 4.64. The van der Waals surface area contributed by atoms with E-state index in [1.54, 1.807) is 11.3 Å². The molecule has 0 spiro atoms. The van der Waals surface area contributed by atoms with Crippen LogP contribution in [0.15, 0.2) is 5.38 Å². The highest BCUT2D eigenvalue weighted by molar-refractivity contribution is 7.13. The molecule has 1 aromatic heterocycles. The summed E-state index contributed by atoms with van der Waals surface area (Å²) in [6.45, 7) is 8.53. The molecule has 17 heavy (non-hydrogen) atoms. The van der Waals surface area contributed by atoms with Crippen molar-refractivity contribution in [3.8, 4) is 0 Å². The molecule has 0 radical (unpaired) electrons. The molecule has 0 saturated carbocycles. The fourth-order valence-corrected chi connectivity index (χ4v) is 2.37. The molecule has 98 valence electrons. The maximum absolute atomic E-state index is 4.64. The van der Waals surface area contributed by atoms with Crippen LogP contribution in [0.25, 0.3) is 0 Å². The van der Waals surface area contributed by atoms with Gasteiger partial charge in [0.05, 0.1) is 5.69 Å². The van der Waals surface area contributed by atoms with Gasteiger partial charge in [0.15, 0.2) is 5.13 Å². The minimum absolute atomic E-state index is 0.516. The molecule has 1 aromatic rings. The minimum Gasteiger partial charge on any atom is -0.351 e. The van der Waals surface area contributed by atoms with Crippen LogP contribution in [0.4, 0.5) is 5.13 Å². The number of rotatable bonds is 8. The molecule has 4 heteroatoms.